The molecule has 7 heteroatoms. The fraction of sp³-hybridized carbons (Fsp3) is 0.235. The van der Waals surface area contributed by atoms with Crippen LogP contribution in [-0.4, -0.2) is 27.1 Å². The van der Waals surface area contributed by atoms with Gasteiger partial charge < -0.3 is 10.1 Å². The van der Waals surface area contributed by atoms with E-state index in [0.29, 0.717) is 15.8 Å². The summed E-state index contributed by atoms with van der Waals surface area (Å²) < 4.78 is 7.89. The van der Waals surface area contributed by atoms with Crippen molar-refractivity contribution in [2.75, 3.05) is 7.11 Å². The van der Waals surface area contributed by atoms with Gasteiger partial charge >= 0.3 is 0 Å². The van der Waals surface area contributed by atoms with E-state index in [9.17, 15) is 4.79 Å². The lowest BCUT2D eigenvalue weighted by Crippen LogP contribution is -2.17. The maximum atomic E-state index is 11.8. The maximum absolute atomic E-state index is 11.8. The Morgan fingerprint density at radius 3 is 2.75 bits per heavy atom. The summed E-state index contributed by atoms with van der Waals surface area (Å²) in [5, 5.41) is 7.12. The monoisotopic (exact) mass is 359 g/mol. The highest BCUT2D eigenvalue weighted by Gasteiger charge is 2.22. The van der Waals surface area contributed by atoms with Crippen LogP contribution in [-0.2, 0) is 11.3 Å². The summed E-state index contributed by atoms with van der Waals surface area (Å²) in [7, 11) is 1.65. The number of nitrogens with one attached hydrogen (secondary N) is 1. The molecule has 1 aromatic heterocycles. The van der Waals surface area contributed by atoms with Crippen LogP contribution in [0.15, 0.2) is 29.2 Å². The summed E-state index contributed by atoms with van der Waals surface area (Å²) in [5.41, 5.74) is 4.00. The minimum Gasteiger partial charge on any atom is -0.496 e. The average Bonchev–Trinajstić information content (AvgIpc) is 3.00. The van der Waals surface area contributed by atoms with Crippen molar-refractivity contribution in [1.29, 1.82) is 0 Å². The van der Waals surface area contributed by atoms with E-state index in [4.69, 9.17) is 17.0 Å². The minimum atomic E-state index is -0.152. The number of carbonyl (C=O) groups excluding carboxylic acids is 1. The molecule has 0 atom stereocenters. The Balaban J connectivity index is 1.94. The number of methoxy groups -OCH3 is 1. The summed E-state index contributed by atoms with van der Waals surface area (Å²) >= 11 is 6.29. The smallest absolute Gasteiger partial charge is 0.263 e. The summed E-state index contributed by atoms with van der Waals surface area (Å²) in [6.45, 7) is 4.61. The van der Waals surface area contributed by atoms with E-state index in [1.54, 1.807) is 7.11 Å². The van der Waals surface area contributed by atoms with Crippen molar-refractivity contribution in [3.05, 3.63) is 51.7 Å². The van der Waals surface area contributed by atoms with E-state index in [1.807, 2.05) is 48.9 Å². The topological polar surface area (TPSA) is 56.1 Å². The van der Waals surface area contributed by atoms with Crippen LogP contribution in [0, 0.1) is 13.8 Å². The van der Waals surface area contributed by atoms with Gasteiger partial charge in [-0.05, 0) is 43.7 Å². The lowest BCUT2D eigenvalue weighted by molar-refractivity contribution is -0.115. The van der Waals surface area contributed by atoms with Crippen molar-refractivity contribution in [2.24, 2.45) is 0 Å². The van der Waals surface area contributed by atoms with Crippen molar-refractivity contribution in [3.8, 4) is 5.75 Å². The Kier molecular flexibility index (Phi) is 4.73. The Morgan fingerprint density at radius 1 is 1.38 bits per heavy atom. The molecule has 1 aromatic carbocycles. The van der Waals surface area contributed by atoms with Gasteiger partial charge in [0.1, 0.15) is 10.1 Å². The van der Waals surface area contributed by atoms with Crippen molar-refractivity contribution < 1.29 is 9.53 Å². The second-order valence-corrected chi connectivity index (χ2v) is 7.23. The number of carbonyl (C=O) groups is 1. The molecule has 1 fully saturated rings. The van der Waals surface area contributed by atoms with E-state index in [-0.39, 0.29) is 5.91 Å². The van der Waals surface area contributed by atoms with Gasteiger partial charge in [0.15, 0.2) is 0 Å². The molecule has 0 spiro atoms. The predicted octanol–water partition coefficient (Wildman–Crippen LogP) is 3.05. The number of thioether (sulfide) groups is 1. The molecule has 0 bridgehead atoms. The van der Waals surface area contributed by atoms with Crippen LogP contribution in [0.25, 0.3) is 6.08 Å². The second-order valence-electron chi connectivity index (χ2n) is 5.51. The highest BCUT2D eigenvalue weighted by molar-refractivity contribution is 8.26. The molecule has 0 unspecified atom stereocenters. The van der Waals surface area contributed by atoms with Crippen molar-refractivity contribution >= 4 is 40.3 Å². The molecule has 24 heavy (non-hydrogen) atoms. The van der Waals surface area contributed by atoms with Crippen LogP contribution in [0.4, 0.5) is 0 Å². The van der Waals surface area contributed by atoms with Gasteiger partial charge in [0.05, 0.1) is 24.3 Å². The molecule has 2 aromatic rings. The van der Waals surface area contributed by atoms with Crippen LogP contribution >= 0.6 is 24.0 Å². The van der Waals surface area contributed by atoms with E-state index < -0.39 is 0 Å². The molecule has 5 nitrogen and oxygen atoms in total. The van der Waals surface area contributed by atoms with Crippen LogP contribution in [0.2, 0.25) is 0 Å². The molecule has 1 aliphatic heterocycles. The predicted molar refractivity (Wildman–Crippen MR) is 100 cm³/mol. The summed E-state index contributed by atoms with van der Waals surface area (Å²) in [6, 6.07) is 7.88. The number of ether oxygens (including phenoxy) is 1. The minimum absolute atomic E-state index is 0.152. The second kappa shape index (κ2) is 6.78. The molecule has 1 aliphatic rings. The highest BCUT2D eigenvalue weighted by Crippen LogP contribution is 2.28. The first-order chi connectivity index (χ1) is 11.5. The normalized spacial score (nSPS) is 15.9. The molecular formula is C17H17N3O2S2. The first kappa shape index (κ1) is 16.7. The van der Waals surface area contributed by atoms with Gasteiger partial charge in [0.2, 0.25) is 0 Å². The Morgan fingerprint density at radius 2 is 2.17 bits per heavy atom. The highest BCUT2D eigenvalue weighted by atomic mass is 32.2. The first-order valence-corrected chi connectivity index (χ1v) is 8.61. The van der Waals surface area contributed by atoms with Gasteiger partial charge in [-0.3, -0.25) is 9.48 Å². The molecule has 1 amide bonds. The molecule has 1 saturated heterocycles. The van der Waals surface area contributed by atoms with Crippen LogP contribution in [0.5, 0.6) is 5.75 Å². The van der Waals surface area contributed by atoms with Gasteiger partial charge in [-0.15, -0.1) is 0 Å². The van der Waals surface area contributed by atoms with Crippen molar-refractivity contribution in [2.45, 2.75) is 20.4 Å². The number of hydrogen-bond acceptors (Lipinski definition) is 5. The van der Waals surface area contributed by atoms with E-state index in [1.165, 1.54) is 11.8 Å². The molecule has 124 valence electrons. The first-order valence-electron chi connectivity index (χ1n) is 7.39. The Hall–Kier alpha value is -2.12. The SMILES string of the molecule is COc1ccc(/C=C2/SC(=S)NC2=O)cc1Cn1nc(C)cc1C. The number of aromatic nitrogens is 2. The lowest BCUT2D eigenvalue weighted by Gasteiger charge is -2.11. The van der Waals surface area contributed by atoms with Gasteiger partial charge in [0.25, 0.3) is 5.91 Å². The largest absolute Gasteiger partial charge is 0.496 e. The number of rotatable bonds is 4. The maximum Gasteiger partial charge on any atom is 0.263 e. The third-order valence-electron chi connectivity index (χ3n) is 3.67. The van der Waals surface area contributed by atoms with Crippen LogP contribution in [0.1, 0.15) is 22.5 Å². The molecule has 0 saturated carbocycles. The molecule has 1 N–H and O–H groups in total. The van der Waals surface area contributed by atoms with Gasteiger partial charge in [-0.2, -0.15) is 5.10 Å². The van der Waals surface area contributed by atoms with E-state index in [2.05, 4.69) is 10.4 Å². The third kappa shape index (κ3) is 3.52. The quantitative estimate of drug-likeness (QED) is 0.672. The molecule has 2 heterocycles. The molecule has 0 radical (unpaired) electrons. The van der Waals surface area contributed by atoms with Crippen molar-refractivity contribution in [3.63, 3.8) is 0 Å². The fourth-order valence-corrected chi connectivity index (χ4v) is 3.62. The third-order valence-corrected chi connectivity index (χ3v) is 4.83. The number of aryl methyl sites for hydroxylation is 2. The van der Waals surface area contributed by atoms with Gasteiger partial charge in [-0.1, -0.05) is 30.0 Å². The summed E-state index contributed by atoms with van der Waals surface area (Å²) in [5.74, 6) is 0.643. The average molecular weight is 359 g/mol. The van der Waals surface area contributed by atoms with Crippen LogP contribution < -0.4 is 10.1 Å². The lowest BCUT2D eigenvalue weighted by atomic mass is 10.1. The van der Waals surface area contributed by atoms with E-state index in [0.717, 1.165) is 28.3 Å². The van der Waals surface area contributed by atoms with Gasteiger partial charge in [-0.25, -0.2) is 0 Å². The standard InChI is InChI=1S/C17H17N3O2S2/c1-10-6-11(2)20(19-10)9-13-7-12(4-5-14(13)22-3)8-15-16(21)18-17(23)24-15/h4-8H,9H2,1-3H3,(H,18,21,23)/b15-8+. The fourth-order valence-electron chi connectivity index (χ4n) is 2.58. The summed E-state index contributed by atoms with van der Waals surface area (Å²) in [6.07, 6.45) is 1.84. The Labute approximate surface area is 150 Å². The number of benzene rings is 1. The molecular weight excluding hydrogens is 342 g/mol. The Bertz CT molecular complexity index is 856. The number of hydrogen-bond donors (Lipinski definition) is 1. The van der Waals surface area contributed by atoms with Gasteiger partial charge in [0, 0.05) is 11.3 Å². The van der Waals surface area contributed by atoms with Crippen LogP contribution in [0.3, 0.4) is 0 Å². The molecule has 0 aliphatic carbocycles. The zero-order valence-electron chi connectivity index (χ0n) is 13.6. The zero-order chi connectivity index (χ0) is 17.3. The number of nitrogens with zero attached hydrogens (tertiary/aromatic N) is 2. The number of amides is 1. The number of thiocarbonyl (C=S) groups is 1. The zero-order valence-corrected chi connectivity index (χ0v) is 15.3. The van der Waals surface area contributed by atoms with E-state index >= 15 is 0 Å². The van der Waals surface area contributed by atoms with Crippen molar-refractivity contribution in [1.82, 2.24) is 15.1 Å². The summed E-state index contributed by atoms with van der Waals surface area (Å²) in [4.78, 5) is 12.4. The molecule has 3 rings (SSSR count).